The fraction of sp³-hybridized carbons (Fsp3) is 0.269. The van der Waals surface area contributed by atoms with Crippen LogP contribution in [0.1, 0.15) is 38.8 Å². The van der Waals surface area contributed by atoms with Crippen LogP contribution in [-0.4, -0.2) is 27.7 Å². The lowest BCUT2D eigenvalue weighted by atomic mass is 10.1. The predicted molar refractivity (Wildman–Crippen MR) is 137 cm³/mol. The largest absolute Gasteiger partial charge is 0.492 e. The van der Waals surface area contributed by atoms with E-state index in [4.69, 9.17) is 9.72 Å². The molecule has 2 aromatic heterocycles. The maximum absolute atomic E-state index is 13.7. The van der Waals surface area contributed by atoms with Gasteiger partial charge >= 0.3 is 0 Å². The van der Waals surface area contributed by atoms with Gasteiger partial charge in [0.1, 0.15) is 10.6 Å². The number of thiophene rings is 1. The molecule has 0 bridgehead atoms. The van der Waals surface area contributed by atoms with Crippen molar-refractivity contribution in [3.05, 3.63) is 79.9 Å². The van der Waals surface area contributed by atoms with Gasteiger partial charge in [0.05, 0.1) is 23.2 Å². The standard InChI is InChI=1S/C26H26N2O3S2/c1-15-9-8-11-21(16(15)2)28-25(30)23-17(3)19(5)33-24(23)27-26(28)32-14-13-31-22-12-7-6-10-20(22)18(4)29/h6-12H,13-14H2,1-5H3. The van der Waals surface area contributed by atoms with E-state index >= 15 is 0 Å². The van der Waals surface area contributed by atoms with Crippen molar-refractivity contribution >= 4 is 39.1 Å². The zero-order valence-corrected chi connectivity index (χ0v) is 21.0. The highest BCUT2D eigenvalue weighted by Crippen LogP contribution is 2.30. The number of hydrogen-bond donors (Lipinski definition) is 0. The molecule has 0 saturated heterocycles. The summed E-state index contributed by atoms with van der Waals surface area (Å²) < 4.78 is 7.63. The molecule has 0 unspecified atom stereocenters. The Bertz CT molecular complexity index is 1420. The van der Waals surface area contributed by atoms with Gasteiger partial charge in [0.15, 0.2) is 10.9 Å². The van der Waals surface area contributed by atoms with Crippen LogP contribution in [0, 0.1) is 27.7 Å². The second-order valence-corrected chi connectivity index (χ2v) is 10.2. The number of carbonyl (C=O) groups excluding carboxylic acids is 1. The quantitative estimate of drug-likeness (QED) is 0.140. The molecule has 33 heavy (non-hydrogen) atoms. The summed E-state index contributed by atoms with van der Waals surface area (Å²) in [5.41, 5.74) is 4.55. The van der Waals surface area contributed by atoms with Crippen molar-refractivity contribution in [3.63, 3.8) is 0 Å². The number of nitrogens with zero attached hydrogens (tertiary/aromatic N) is 2. The number of aromatic nitrogens is 2. The summed E-state index contributed by atoms with van der Waals surface area (Å²) in [4.78, 5) is 32.3. The predicted octanol–water partition coefficient (Wildman–Crippen LogP) is 6.05. The monoisotopic (exact) mass is 478 g/mol. The molecule has 5 nitrogen and oxygen atoms in total. The fourth-order valence-electron chi connectivity index (χ4n) is 3.73. The van der Waals surface area contributed by atoms with E-state index in [1.807, 2.05) is 58.0 Å². The van der Waals surface area contributed by atoms with Crippen molar-refractivity contribution in [2.45, 2.75) is 39.8 Å². The van der Waals surface area contributed by atoms with Crippen LogP contribution in [0.4, 0.5) is 0 Å². The van der Waals surface area contributed by atoms with Gasteiger partial charge in [-0.1, -0.05) is 36.0 Å². The summed E-state index contributed by atoms with van der Waals surface area (Å²) in [6, 6.07) is 13.2. The van der Waals surface area contributed by atoms with E-state index in [0.717, 1.165) is 32.1 Å². The number of rotatable bonds is 7. The first-order chi connectivity index (χ1) is 15.8. The SMILES string of the molecule is CC(=O)c1ccccc1OCCSc1nc2sc(C)c(C)c2c(=O)n1-c1cccc(C)c1C. The van der Waals surface area contributed by atoms with Crippen LogP contribution in [-0.2, 0) is 0 Å². The maximum Gasteiger partial charge on any atom is 0.267 e. The smallest absolute Gasteiger partial charge is 0.267 e. The van der Waals surface area contributed by atoms with Crippen molar-refractivity contribution in [3.8, 4) is 11.4 Å². The summed E-state index contributed by atoms with van der Waals surface area (Å²) in [6.45, 7) is 10.0. The van der Waals surface area contributed by atoms with Crippen molar-refractivity contribution in [1.82, 2.24) is 9.55 Å². The number of fused-ring (bicyclic) bond motifs is 1. The molecule has 0 aliphatic heterocycles. The third-order valence-corrected chi connectivity index (χ3v) is 7.83. The van der Waals surface area contributed by atoms with E-state index in [-0.39, 0.29) is 11.3 Å². The number of ether oxygens (including phenoxy) is 1. The van der Waals surface area contributed by atoms with Gasteiger partial charge in [0.2, 0.25) is 0 Å². The van der Waals surface area contributed by atoms with Crippen LogP contribution in [0.3, 0.4) is 0 Å². The Balaban J connectivity index is 1.69. The van der Waals surface area contributed by atoms with E-state index in [1.165, 1.54) is 18.7 Å². The van der Waals surface area contributed by atoms with Gasteiger partial charge in [-0.25, -0.2) is 4.98 Å². The van der Waals surface area contributed by atoms with Gasteiger partial charge in [0, 0.05) is 10.6 Å². The molecule has 0 aliphatic rings. The molecule has 7 heteroatoms. The van der Waals surface area contributed by atoms with Gasteiger partial charge in [-0.2, -0.15) is 0 Å². The van der Waals surface area contributed by atoms with E-state index < -0.39 is 0 Å². The van der Waals surface area contributed by atoms with Crippen LogP contribution in [0.15, 0.2) is 52.4 Å². The van der Waals surface area contributed by atoms with Crippen LogP contribution in [0.2, 0.25) is 0 Å². The van der Waals surface area contributed by atoms with Crippen molar-refractivity contribution < 1.29 is 9.53 Å². The van der Waals surface area contributed by atoms with E-state index in [0.29, 0.717) is 34.2 Å². The van der Waals surface area contributed by atoms with Crippen molar-refractivity contribution in [2.24, 2.45) is 0 Å². The van der Waals surface area contributed by atoms with Gasteiger partial charge in [0.25, 0.3) is 5.56 Å². The van der Waals surface area contributed by atoms with Crippen molar-refractivity contribution in [2.75, 3.05) is 12.4 Å². The zero-order valence-electron chi connectivity index (χ0n) is 19.4. The first kappa shape index (κ1) is 23.3. The normalized spacial score (nSPS) is 11.2. The summed E-state index contributed by atoms with van der Waals surface area (Å²) in [6.07, 6.45) is 0. The highest BCUT2D eigenvalue weighted by Gasteiger charge is 2.19. The average molecular weight is 479 g/mol. The lowest BCUT2D eigenvalue weighted by Gasteiger charge is -2.16. The molecule has 0 spiro atoms. The minimum atomic E-state index is -0.0408. The van der Waals surface area contributed by atoms with Crippen LogP contribution in [0.25, 0.3) is 15.9 Å². The molecular formula is C26H26N2O3S2. The Morgan fingerprint density at radius 3 is 2.58 bits per heavy atom. The molecule has 170 valence electrons. The minimum absolute atomic E-state index is 0.0300. The summed E-state index contributed by atoms with van der Waals surface area (Å²) in [5, 5.41) is 1.33. The Labute approximate surface area is 201 Å². The molecule has 0 radical (unpaired) electrons. The van der Waals surface area contributed by atoms with Crippen LogP contribution >= 0.6 is 23.1 Å². The fourth-order valence-corrected chi connectivity index (χ4v) is 5.62. The number of para-hydroxylation sites is 1. The lowest BCUT2D eigenvalue weighted by Crippen LogP contribution is -2.23. The number of Topliss-reactive ketones (excluding diaryl/α,β-unsaturated/α-hetero) is 1. The molecule has 0 N–H and O–H groups in total. The summed E-state index contributed by atoms with van der Waals surface area (Å²) >= 11 is 3.04. The second-order valence-electron chi connectivity index (χ2n) is 7.97. The third kappa shape index (κ3) is 4.48. The Kier molecular flexibility index (Phi) is 6.72. The molecular weight excluding hydrogens is 452 g/mol. The molecule has 4 rings (SSSR count). The van der Waals surface area contributed by atoms with Gasteiger partial charge in [-0.15, -0.1) is 11.3 Å². The number of aryl methyl sites for hydroxylation is 3. The zero-order chi connectivity index (χ0) is 23.7. The number of benzene rings is 2. The highest BCUT2D eigenvalue weighted by molar-refractivity contribution is 7.99. The second kappa shape index (κ2) is 9.53. The number of hydrogen-bond acceptors (Lipinski definition) is 6. The van der Waals surface area contributed by atoms with E-state index in [1.54, 1.807) is 28.0 Å². The number of ketones is 1. The van der Waals surface area contributed by atoms with Gasteiger partial charge in [-0.3, -0.25) is 14.2 Å². The van der Waals surface area contributed by atoms with E-state index in [2.05, 4.69) is 0 Å². The van der Waals surface area contributed by atoms with Crippen LogP contribution in [0.5, 0.6) is 5.75 Å². The molecule has 2 aromatic carbocycles. The molecule has 4 aromatic rings. The summed E-state index contributed by atoms with van der Waals surface area (Å²) in [5.74, 6) is 1.13. The topological polar surface area (TPSA) is 61.2 Å². The maximum atomic E-state index is 13.7. The first-order valence-corrected chi connectivity index (χ1v) is 12.5. The number of thioether (sulfide) groups is 1. The molecule has 0 aliphatic carbocycles. The Morgan fingerprint density at radius 1 is 1.06 bits per heavy atom. The number of carbonyl (C=O) groups is 1. The van der Waals surface area contributed by atoms with Crippen molar-refractivity contribution in [1.29, 1.82) is 0 Å². The molecule has 0 saturated carbocycles. The molecule has 0 atom stereocenters. The first-order valence-electron chi connectivity index (χ1n) is 10.7. The molecule has 0 amide bonds. The van der Waals surface area contributed by atoms with Gasteiger partial charge < -0.3 is 4.74 Å². The molecule has 0 fully saturated rings. The van der Waals surface area contributed by atoms with Gasteiger partial charge in [-0.05, 0) is 69.5 Å². The molecule has 2 heterocycles. The Hall–Kier alpha value is -2.90. The summed E-state index contributed by atoms with van der Waals surface area (Å²) in [7, 11) is 0. The van der Waals surface area contributed by atoms with Crippen LogP contribution < -0.4 is 10.3 Å². The lowest BCUT2D eigenvalue weighted by molar-refractivity contribution is 0.101. The minimum Gasteiger partial charge on any atom is -0.492 e. The third-order valence-electron chi connectivity index (χ3n) is 5.83. The Morgan fingerprint density at radius 2 is 1.82 bits per heavy atom. The average Bonchev–Trinajstić information content (AvgIpc) is 3.07. The highest BCUT2D eigenvalue weighted by atomic mass is 32.2. The van der Waals surface area contributed by atoms with E-state index in [9.17, 15) is 9.59 Å².